The summed E-state index contributed by atoms with van der Waals surface area (Å²) < 4.78 is 13.7. The Labute approximate surface area is 309 Å². The number of pyridine rings is 2. The molecule has 0 saturated carbocycles. The molecule has 6 nitrogen and oxygen atoms in total. The van der Waals surface area contributed by atoms with Crippen molar-refractivity contribution in [2.24, 2.45) is 0 Å². The van der Waals surface area contributed by atoms with E-state index >= 15 is 0 Å². The summed E-state index contributed by atoms with van der Waals surface area (Å²) in [5.74, 6) is 2.43. The Kier molecular flexibility index (Phi) is 9.32. The van der Waals surface area contributed by atoms with Gasteiger partial charge >= 0.3 is 0 Å². The summed E-state index contributed by atoms with van der Waals surface area (Å²) in [6.07, 6.45) is 13.4. The molecule has 0 radical (unpaired) electrons. The standard InChI is InChI=1S/C47H36N4O2/c1-34(37-18-13-29-48-32-37)15-9-16-35(2)50(39-20-5-3-6-21-39)42-25-11-27-44-46(42)52-45-28-12-26-43(47(45)53-44)51(40-22-7-4-8-23-40)41-24-10-17-36(31-41)38-19-14-30-49-33-38/h3-33H,2H2,1H3/b16-9-,34-15+. The van der Waals surface area contributed by atoms with Gasteiger partial charge in [0.2, 0.25) is 0 Å². The van der Waals surface area contributed by atoms with E-state index in [0.717, 1.165) is 56.4 Å². The van der Waals surface area contributed by atoms with Gasteiger partial charge in [0.05, 0.1) is 11.4 Å². The third-order valence-electron chi connectivity index (χ3n) is 8.99. The molecule has 256 valence electrons. The van der Waals surface area contributed by atoms with Crippen molar-refractivity contribution in [1.82, 2.24) is 9.97 Å². The van der Waals surface area contributed by atoms with Crippen LogP contribution in [-0.2, 0) is 0 Å². The number of nitrogens with zero attached hydrogens (tertiary/aromatic N) is 4. The van der Waals surface area contributed by atoms with Crippen molar-refractivity contribution < 1.29 is 9.47 Å². The Hall–Kier alpha value is -7.18. The maximum Gasteiger partial charge on any atom is 0.194 e. The molecule has 7 aromatic rings. The van der Waals surface area contributed by atoms with Gasteiger partial charge in [-0.1, -0.05) is 91.5 Å². The molecule has 0 spiro atoms. The summed E-state index contributed by atoms with van der Waals surface area (Å²) in [5.41, 5.74) is 9.57. The van der Waals surface area contributed by atoms with Crippen molar-refractivity contribution in [3.8, 4) is 34.1 Å². The Morgan fingerprint density at radius 2 is 1.19 bits per heavy atom. The summed E-state index contributed by atoms with van der Waals surface area (Å²) in [6.45, 7) is 6.56. The fourth-order valence-corrected chi connectivity index (χ4v) is 6.42. The van der Waals surface area contributed by atoms with Crippen molar-refractivity contribution in [1.29, 1.82) is 0 Å². The van der Waals surface area contributed by atoms with Crippen molar-refractivity contribution in [3.05, 3.63) is 206 Å². The van der Waals surface area contributed by atoms with E-state index in [9.17, 15) is 0 Å². The van der Waals surface area contributed by atoms with Crippen LogP contribution in [0, 0.1) is 0 Å². The monoisotopic (exact) mass is 688 g/mol. The molecular formula is C47H36N4O2. The van der Waals surface area contributed by atoms with Gasteiger partial charge in [-0.3, -0.25) is 9.97 Å². The molecule has 0 bridgehead atoms. The molecule has 0 saturated heterocycles. The molecule has 0 amide bonds. The second-order valence-corrected chi connectivity index (χ2v) is 12.5. The summed E-state index contributed by atoms with van der Waals surface area (Å²) in [4.78, 5) is 12.9. The van der Waals surface area contributed by atoms with Gasteiger partial charge < -0.3 is 19.3 Å². The maximum absolute atomic E-state index is 6.85. The average molecular weight is 689 g/mol. The molecule has 0 N–H and O–H groups in total. The fourth-order valence-electron chi connectivity index (χ4n) is 6.42. The number of para-hydroxylation sites is 4. The zero-order valence-electron chi connectivity index (χ0n) is 29.2. The Bertz CT molecular complexity index is 2430. The van der Waals surface area contributed by atoms with Crippen LogP contribution >= 0.6 is 0 Å². The Balaban J connectivity index is 1.18. The highest BCUT2D eigenvalue weighted by atomic mass is 16.6. The largest absolute Gasteiger partial charge is 0.447 e. The number of allylic oxidation sites excluding steroid dienone is 4. The van der Waals surface area contributed by atoms with Gasteiger partial charge in [-0.2, -0.15) is 0 Å². The van der Waals surface area contributed by atoms with Gasteiger partial charge in [0, 0.05) is 53.1 Å². The van der Waals surface area contributed by atoms with Gasteiger partial charge in [-0.15, -0.1) is 0 Å². The number of hydrogen-bond donors (Lipinski definition) is 0. The van der Waals surface area contributed by atoms with Crippen molar-refractivity contribution in [2.75, 3.05) is 9.80 Å². The molecule has 1 aliphatic rings. The number of anilines is 5. The lowest BCUT2D eigenvalue weighted by atomic mass is 10.1. The van der Waals surface area contributed by atoms with Gasteiger partial charge in [0.15, 0.2) is 23.0 Å². The predicted molar refractivity (Wildman–Crippen MR) is 216 cm³/mol. The van der Waals surface area contributed by atoms with E-state index < -0.39 is 0 Å². The highest BCUT2D eigenvalue weighted by Gasteiger charge is 2.29. The summed E-state index contributed by atoms with van der Waals surface area (Å²) in [7, 11) is 0. The van der Waals surface area contributed by atoms with Crippen molar-refractivity contribution in [3.63, 3.8) is 0 Å². The van der Waals surface area contributed by atoms with Crippen LogP contribution in [0.15, 0.2) is 201 Å². The zero-order chi connectivity index (χ0) is 36.0. The van der Waals surface area contributed by atoms with Gasteiger partial charge in [0.1, 0.15) is 0 Å². The highest BCUT2D eigenvalue weighted by molar-refractivity contribution is 5.86. The SMILES string of the molecule is C=C(/C=C\C=C(/C)c1cccnc1)N(c1ccccc1)c1cccc2c1Oc1cccc(N(c3ccccc3)c3cccc(-c4cccnc4)c3)c1O2. The molecular weight excluding hydrogens is 653 g/mol. The van der Waals surface area contributed by atoms with Crippen LogP contribution in [-0.4, -0.2) is 9.97 Å². The topological polar surface area (TPSA) is 50.7 Å². The molecule has 8 rings (SSSR count). The third-order valence-corrected chi connectivity index (χ3v) is 8.99. The third kappa shape index (κ3) is 6.94. The van der Waals surface area contributed by atoms with Crippen LogP contribution in [0.25, 0.3) is 16.7 Å². The molecule has 1 aliphatic heterocycles. The van der Waals surface area contributed by atoms with Crippen LogP contribution in [0.1, 0.15) is 12.5 Å². The molecule has 0 unspecified atom stereocenters. The van der Waals surface area contributed by atoms with E-state index in [2.05, 4.69) is 100 Å². The molecule has 2 aromatic heterocycles. The predicted octanol–water partition coefficient (Wildman–Crippen LogP) is 12.8. The quantitative estimate of drug-likeness (QED) is 0.133. The second-order valence-electron chi connectivity index (χ2n) is 12.5. The number of fused-ring (bicyclic) bond motifs is 2. The smallest absolute Gasteiger partial charge is 0.194 e. The Morgan fingerprint density at radius 1 is 0.585 bits per heavy atom. The molecule has 0 aliphatic carbocycles. The molecule has 0 atom stereocenters. The van der Waals surface area contributed by atoms with Crippen LogP contribution in [0.3, 0.4) is 0 Å². The second kappa shape index (κ2) is 15.0. The normalized spacial score (nSPS) is 11.9. The Morgan fingerprint density at radius 3 is 1.87 bits per heavy atom. The molecule has 5 aromatic carbocycles. The van der Waals surface area contributed by atoms with Crippen molar-refractivity contribution in [2.45, 2.75) is 6.92 Å². The molecule has 0 fully saturated rings. The number of rotatable bonds is 10. The van der Waals surface area contributed by atoms with Crippen LogP contribution in [0.5, 0.6) is 23.0 Å². The first kappa shape index (κ1) is 33.0. The number of benzene rings is 5. The lowest BCUT2D eigenvalue weighted by molar-refractivity contribution is 0.361. The first-order chi connectivity index (χ1) is 26.1. The molecule has 6 heteroatoms. The highest BCUT2D eigenvalue weighted by Crippen LogP contribution is 2.55. The fraction of sp³-hybridized carbons (Fsp3) is 0.0213. The number of aromatic nitrogens is 2. The molecule has 53 heavy (non-hydrogen) atoms. The van der Waals surface area contributed by atoms with Crippen molar-refractivity contribution >= 4 is 34.0 Å². The lowest BCUT2D eigenvalue weighted by Gasteiger charge is -2.33. The van der Waals surface area contributed by atoms with Gasteiger partial charge in [-0.05, 0) is 102 Å². The first-order valence-electron chi connectivity index (χ1n) is 17.4. The lowest BCUT2D eigenvalue weighted by Crippen LogP contribution is -2.17. The van der Waals surface area contributed by atoms with E-state index in [4.69, 9.17) is 9.47 Å². The summed E-state index contributed by atoms with van der Waals surface area (Å²) in [5, 5.41) is 0. The van der Waals surface area contributed by atoms with Crippen LogP contribution in [0.2, 0.25) is 0 Å². The number of hydrogen-bond acceptors (Lipinski definition) is 6. The summed E-state index contributed by atoms with van der Waals surface area (Å²) >= 11 is 0. The minimum Gasteiger partial charge on any atom is -0.447 e. The van der Waals surface area contributed by atoms with E-state index in [1.807, 2.05) is 109 Å². The summed E-state index contributed by atoms with van der Waals surface area (Å²) in [6, 6.07) is 48.8. The number of ether oxygens (including phenoxy) is 2. The van der Waals surface area contributed by atoms with Crippen LogP contribution in [0.4, 0.5) is 28.4 Å². The minimum absolute atomic E-state index is 0.600. The minimum atomic E-state index is 0.600. The maximum atomic E-state index is 6.85. The molecule has 3 heterocycles. The van der Waals surface area contributed by atoms with E-state index in [-0.39, 0.29) is 0 Å². The van der Waals surface area contributed by atoms with Crippen LogP contribution < -0.4 is 19.3 Å². The average Bonchev–Trinajstić information content (AvgIpc) is 3.22. The van der Waals surface area contributed by atoms with Gasteiger partial charge in [0.25, 0.3) is 0 Å². The van der Waals surface area contributed by atoms with Gasteiger partial charge in [-0.25, -0.2) is 0 Å². The first-order valence-corrected chi connectivity index (χ1v) is 17.4. The zero-order valence-corrected chi connectivity index (χ0v) is 29.2. The van der Waals surface area contributed by atoms with E-state index in [1.165, 1.54) is 0 Å². The van der Waals surface area contributed by atoms with E-state index in [0.29, 0.717) is 23.0 Å². The van der Waals surface area contributed by atoms with E-state index in [1.54, 1.807) is 12.4 Å².